The molecule has 0 radical (unpaired) electrons. The van der Waals surface area contributed by atoms with Gasteiger partial charge in [0.25, 0.3) is 0 Å². The zero-order valence-electron chi connectivity index (χ0n) is 14.3. The summed E-state index contributed by atoms with van der Waals surface area (Å²) in [5.41, 5.74) is 4.64. The molecule has 1 N–H and O–H groups in total. The third-order valence-corrected chi connectivity index (χ3v) is 5.87. The van der Waals surface area contributed by atoms with Gasteiger partial charge in [0, 0.05) is 18.2 Å². The van der Waals surface area contributed by atoms with Crippen LogP contribution in [-0.2, 0) is 4.79 Å². The summed E-state index contributed by atoms with van der Waals surface area (Å²) in [7, 11) is 0. The van der Waals surface area contributed by atoms with Crippen molar-refractivity contribution in [1.82, 2.24) is 15.2 Å². The fourth-order valence-corrected chi connectivity index (χ4v) is 4.52. The Balaban J connectivity index is 1.51. The molecule has 2 heterocycles. The number of aromatic nitrogens is 3. The first-order valence-corrected chi connectivity index (χ1v) is 9.39. The topological polar surface area (TPSA) is 61.9 Å². The number of carbonyl (C=O) groups excluding carboxylic acids is 1. The number of aromatic amines is 1. The summed E-state index contributed by atoms with van der Waals surface area (Å²) in [5, 5.41) is 7.91. The van der Waals surface area contributed by atoms with Gasteiger partial charge >= 0.3 is 0 Å². The fraction of sp³-hybridized carbons (Fsp3) is 0.500. The molecule has 1 aromatic carbocycles. The monoisotopic (exact) mass is 342 g/mol. The third-order valence-electron chi connectivity index (χ3n) is 4.76. The van der Waals surface area contributed by atoms with Gasteiger partial charge in [-0.3, -0.25) is 9.89 Å². The minimum atomic E-state index is -0.0899. The van der Waals surface area contributed by atoms with Crippen LogP contribution in [-0.4, -0.2) is 32.9 Å². The summed E-state index contributed by atoms with van der Waals surface area (Å²) in [6, 6.07) is 4.29. The standard InChI is InChI=1S/C18H22N4OS/c1-10-8-11(2)15(12(3)9-10)22-7-6-14(17(22)23)24-18-19-16(20-21-18)13-4-5-13/h8-9,13-14H,4-7H2,1-3H3,(H,19,20,21)/t14-/m1/s1. The van der Waals surface area contributed by atoms with E-state index in [1.807, 2.05) is 4.90 Å². The molecule has 1 saturated heterocycles. The summed E-state index contributed by atoms with van der Waals surface area (Å²) in [6.45, 7) is 7.02. The maximum absolute atomic E-state index is 12.9. The van der Waals surface area contributed by atoms with Gasteiger partial charge < -0.3 is 4.90 Å². The lowest BCUT2D eigenvalue weighted by Crippen LogP contribution is -2.29. The molecular weight excluding hydrogens is 320 g/mol. The van der Waals surface area contributed by atoms with Gasteiger partial charge in [0.15, 0.2) is 0 Å². The Morgan fingerprint density at radius 3 is 2.54 bits per heavy atom. The van der Waals surface area contributed by atoms with Gasteiger partial charge in [-0.25, -0.2) is 4.98 Å². The average Bonchev–Trinajstić information content (AvgIpc) is 3.18. The molecule has 24 heavy (non-hydrogen) atoms. The van der Waals surface area contributed by atoms with E-state index in [4.69, 9.17) is 0 Å². The number of nitrogens with zero attached hydrogens (tertiary/aromatic N) is 3. The van der Waals surface area contributed by atoms with Crippen molar-refractivity contribution < 1.29 is 4.79 Å². The van der Waals surface area contributed by atoms with Crippen LogP contribution in [0.2, 0.25) is 0 Å². The lowest BCUT2D eigenvalue weighted by atomic mass is 10.0. The van der Waals surface area contributed by atoms with Crippen LogP contribution >= 0.6 is 11.8 Å². The normalized spacial score (nSPS) is 20.9. The van der Waals surface area contributed by atoms with E-state index in [1.165, 1.54) is 41.3 Å². The summed E-state index contributed by atoms with van der Waals surface area (Å²) >= 11 is 1.49. The van der Waals surface area contributed by atoms with Crippen molar-refractivity contribution in [2.45, 2.75) is 56.4 Å². The van der Waals surface area contributed by atoms with E-state index >= 15 is 0 Å². The number of amides is 1. The van der Waals surface area contributed by atoms with Crippen LogP contribution in [0, 0.1) is 20.8 Å². The third kappa shape index (κ3) is 2.83. The number of benzene rings is 1. The number of aryl methyl sites for hydroxylation is 3. The second kappa shape index (κ2) is 5.92. The van der Waals surface area contributed by atoms with Crippen LogP contribution in [0.3, 0.4) is 0 Å². The highest BCUT2D eigenvalue weighted by Gasteiger charge is 2.36. The van der Waals surface area contributed by atoms with Crippen LogP contribution in [0.1, 0.15) is 47.7 Å². The summed E-state index contributed by atoms with van der Waals surface area (Å²) in [4.78, 5) is 19.4. The Morgan fingerprint density at radius 1 is 1.17 bits per heavy atom. The van der Waals surface area contributed by atoms with E-state index in [2.05, 4.69) is 48.1 Å². The van der Waals surface area contributed by atoms with Gasteiger partial charge in [-0.15, -0.1) is 5.10 Å². The maximum atomic E-state index is 12.9. The Labute approximate surface area is 146 Å². The molecule has 2 fully saturated rings. The molecule has 1 saturated carbocycles. The Hall–Kier alpha value is -1.82. The van der Waals surface area contributed by atoms with Crippen molar-refractivity contribution in [3.8, 4) is 0 Å². The maximum Gasteiger partial charge on any atom is 0.240 e. The van der Waals surface area contributed by atoms with Crippen molar-refractivity contribution in [2.75, 3.05) is 11.4 Å². The molecule has 1 amide bonds. The van der Waals surface area contributed by atoms with Crippen molar-refractivity contribution >= 4 is 23.4 Å². The van der Waals surface area contributed by atoms with Crippen LogP contribution in [0.15, 0.2) is 17.3 Å². The predicted molar refractivity (Wildman–Crippen MR) is 95.6 cm³/mol. The first kappa shape index (κ1) is 15.7. The number of hydrogen-bond acceptors (Lipinski definition) is 4. The minimum Gasteiger partial charge on any atom is -0.311 e. The largest absolute Gasteiger partial charge is 0.311 e. The molecule has 0 unspecified atom stereocenters. The number of carbonyl (C=O) groups is 1. The highest BCUT2D eigenvalue weighted by molar-refractivity contribution is 8.00. The number of nitrogens with one attached hydrogen (secondary N) is 1. The Morgan fingerprint density at radius 2 is 1.88 bits per heavy atom. The highest BCUT2D eigenvalue weighted by Crippen LogP contribution is 2.39. The molecule has 2 aliphatic rings. The van der Waals surface area contributed by atoms with Gasteiger partial charge in [-0.1, -0.05) is 29.5 Å². The van der Waals surface area contributed by atoms with Gasteiger partial charge in [-0.05, 0) is 51.2 Å². The van der Waals surface area contributed by atoms with Gasteiger partial charge in [0.2, 0.25) is 11.1 Å². The second-order valence-corrected chi connectivity index (χ2v) is 8.08. The highest BCUT2D eigenvalue weighted by atomic mass is 32.2. The van der Waals surface area contributed by atoms with Crippen molar-refractivity contribution in [3.63, 3.8) is 0 Å². The molecule has 126 valence electrons. The number of anilines is 1. The Kier molecular flexibility index (Phi) is 3.87. The number of rotatable bonds is 4. The van der Waals surface area contributed by atoms with Gasteiger partial charge in [0.05, 0.1) is 5.25 Å². The van der Waals surface area contributed by atoms with E-state index < -0.39 is 0 Å². The number of H-pyrrole nitrogens is 1. The zero-order chi connectivity index (χ0) is 16.8. The molecule has 5 nitrogen and oxygen atoms in total. The quantitative estimate of drug-likeness (QED) is 0.924. The van der Waals surface area contributed by atoms with Crippen molar-refractivity contribution in [2.24, 2.45) is 0 Å². The van der Waals surface area contributed by atoms with Gasteiger partial charge in [0.1, 0.15) is 5.82 Å². The van der Waals surface area contributed by atoms with Gasteiger partial charge in [-0.2, -0.15) is 0 Å². The summed E-state index contributed by atoms with van der Waals surface area (Å²) in [6.07, 6.45) is 3.23. The Bertz CT molecular complexity index is 773. The smallest absolute Gasteiger partial charge is 0.240 e. The predicted octanol–water partition coefficient (Wildman–Crippen LogP) is 3.50. The van der Waals surface area contributed by atoms with Crippen LogP contribution < -0.4 is 4.90 Å². The molecule has 1 atom stereocenters. The number of thioether (sulfide) groups is 1. The summed E-state index contributed by atoms with van der Waals surface area (Å²) < 4.78 is 0. The molecule has 6 heteroatoms. The molecule has 4 rings (SSSR count). The zero-order valence-corrected chi connectivity index (χ0v) is 15.1. The lowest BCUT2D eigenvalue weighted by Gasteiger charge is -2.22. The van der Waals surface area contributed by atoms with Crippen LogP contribution in [0.25, 0.3) is 0 Å². The fourth-order valence-electron chi connectivity index (χ4n) is 3.56. The molecule has 1 aliphatic carbocycles. The van der Waals surface area contributed by atoms with E-state index in [-0.39, 0.29) is 11.2 Å². The van der Waals surface area contributed by atoms with E-state index in [9.17, 15) is 4.79 Å². The van der Waals surface area contributed by atoms with Crippen molar-refractivity contribution in [1.29, 1.82) is 0 Å². The minimum absolute atomic E-state index is 0.0899. The average molecular weight is 342 g/mol. The lowest BCUT2D eigenvalue weighted by molar-refractivity contribution is -0.116. The van der Waals surface area contributed by atoms with Crippen LogP contribution in [0.4, 0.5) is 5.69 Å². The second-order valence-electron chi connectivity index (χ2n) is 6.91. The van der Waals surface area contributed by atoms with E-state index in [1.54, 1.807) is 0 Å². The first-order valence-electron chi connectivity index (χ1n) is 8.51. The molecule has 0 spiro atoms. The van der Waals surface area contributed by atoms with E-state index in [0.29, 0.717) is 11.1 Å². The SMILES string of the molecule is Cc1cc(C)c(N2CC[C@@H](Sc3n[nH]c(C4CC4)n3)C2=O)c(C)c1. The molecule has 2 aromatic rings. The molecule has 0 bridgehead atoms. The first-order chi connectivity index (χ1) is 11.5. The number of hydrogen-bond donors (Lipinski definition) is 1. The van der Waals surface area contributed by atoms with Crippen LogP contribution in [0.5, 0.6) is 0 Å². The van der Waals surface area contributed by atoms with E-state index in [0.717, 1.165) is 24.5 Å². The molecular formula is C18H22N4OS. The summed E-state index contributed by atoms with van der Waals surface area (Å²) in [5.74, 6) is 1.71. The molecule has 1 aliphatic heterocycles. The van der Waals surface area contributed by atoms with Crippen molar-refractivity contribution in [3.05, 3.63) is 34.6 Å². The molecule has 1 aromatic heterocycles.